The molecule has 3 rings (SSSR count). The smallest absolute Gasteiger partial charge is 0.266 e. The maximum atomic E-state index is 14.2. The van der Waals surface area contributed by atoms with E-state index in [0.29, 0.717) is 11.6 Å². The van der Waals surface area contributed by atoms with Crippen LogP contribution in [0.4, 0.5) is 8.78 Å². The third-order valence-corrected chi connectivity index (χ3v) is 5.71. The number of amides is 2. The highest BCUT2D eigenvalue weighted by molar-refractivity contribution is 9.10. The van der Waals surface area contributed by atoms with Gasteiger partial charge in [0.25, 0.3) is 5.56 Å². The second-order valence-corrected chi connectivity index (χ2v) is 8.22. The van der Waals surface area contributed by atoms with Gasteiger partial charge in [0.1, 0.15) is 34.5 Å². The number of primary amides is 1. The average Bonchev–Trinajstić information content (AvgIpc) is 2.83. The summed E-state index contributed by atoms with van der Waals surface area (Å²) in [6, 6.07) is 7.91. The summed E-state index contributed by atoms with van der Waals surface area (Å²) in [5, 5.41) is 11.6. The van der Waals surface area contributed by atoms with Gasteiger partial charge in [-0.3, -0.25) is 14.4 Å². The Morgan fingerprint density at radius 2 is 1.92 bits per heavy atom. The standard InChI is InChI=1S/C23H21BrF2N4O5.ClH/c24-19-20(35-10-13-4-5-14(25)7-15(13)26)18(11-2-1-3-12(6-11)21(28)32)17(30-23(19)34)8-29-22(33)16(27)9-31;/h1-7,16,31H,8-10,27H2,(H2,28,32)(H,29,33)(H,30,34);1H/t16-;/m0./s1. The highest BCUT2D eigenvalue weighted by atomic mass is 79.9. The van der Waals surface area contributed by atoms with Crippen molar-refractivity contribution >= 4 is 40.2 Å². The van der Waals surface area contributed by atoms with Gasteiger partial charge >= 0.3 is 0 Å². The summed E-state index contributed by atoms with van der Waals surface area (Å²) in [5.74, 6) is -2.99. The molecule has 1 atom stereocenters. The fourth-order valence-corrected chi connectivity index (χ4v) is 3.60. The number of nitrogens with one attached hydrogen (secondary N) is 2. The van der Waals surface area contributed by atoms with Crippen molar-refractivity contribution < 1.29 is 28.2 Å². The van der Waals surface area contributed by atoms with E-state index in [0.717, 1.165) is 6.07 Å². The molecule has 0 aliphatic heterocycles. The lowest BCUT2D eigenvalue weighted by Gasteiger charge is -2.19. The Morgan fingerprint density at radius 1 is 1.19 bits per heavy atom. The van der Waals surface area contributed by atoms with E-state index in [9.17, 15) is 23.2 Å². The van der Waals surface area contributed by atoms with Crippen LogP contribution in [0.15, 0.2) is 51.7 Å². The van der Waals surface area contributed by atoms with Crippen molar-refractivity contribution in [2.45, 2.75) is 19.2 Å². The number of aromatic nitrogens is 1. The predicted molar refractivity (Wildman–Crippen MR) is 134 cm³/mol. The summed E-state index contributed by atoms with van der Waals surface area (Å²) >= 11 is 3.17. The monoisotopic (exact) mass is 586 g/mol. The lowest BCUT2D eigenvalue weighted by molar-refractivity contribution is -0.123. The van der Waals surface area contributed by atoms with Crippen molar-refractivity contribution in [3.05, 3.63) is 85.7 Å². The van der Waals surface area contributed by atoms with Gasteiger partial charge in [-0.1, -0.05) is 12.1 Å². The minimum atomic E-state index is -1.18. The van der Waals surface area contributed by atoms with Gasteiger partial charge in [0.05, 0.1) is 13.2 Å². The van der Waals surface area contributed by atoms with Crippen molar-refractivity contribution in [2.24, 2.45) is 11.5 Å². The van der Waals surface area contributed by atoms with Crippen LogP contribution in [-0.4, -0.2) is 34.6 Å². The number of carbonyl (C=O) groups excluding carboxylic acids is 2. The molecule has 7 N–H and O–H groups in total. The molecule has 9 nitrogen and oxygen atoms in total. The first-order chi connectivity index (χ1) is 16.6. The molecular weight excluding hydrogens is 566 g/mol. The van der Waals surface area contributed by atoms with E-state index in [1.54, 1.807) is 12.1 Å². The number of H-pyrrole nitrogens is 1. The van der Waals surface area contributed by atoms with Crippen LogP contribution in [0.2, 0.25) is 0 Å². The number of aliphatic hydroxyl groups is 1. The van der Waals surface area contributed by atoms with Gasteiger partial charge in [-0.05, 0) is 45.8 Å². The van der Waals surface area contributed by atoms with Crippen LogP contribution in [-0.2, 0) is 17.9 Å². The zero-order chi connectivity index (χ0) is 25.7. The molecule has 0 saturated heterocycles. The number of aliphatic hydroxyl groups excluding tert-OH is 1. The lowest BCUT2D eigenvalue weighted by atomic mass is 10.00. The Morgan fingerprint density at radius 3 is 2.56 bits per heavy atom. The number of benzene rings is 2. The summed E-state index contributed by atoms with van der Waals surface area (Å²) in [6.07, 6.45) is 0. The van der Waals surface area contributed by atoms with E-state index in [1.807, 2.05) is 0 Å². The van der Waals surface area contributed by atoms with Crippen molar-refractivity contribution in [3.63, 3.8) is 0 Å². The van der Waals surface area contributed by atoms with Gasteiger partial charge in [0.15, 0.2) is 0 Å². The molecule has 2 aromatic carbocycles. The summed E-state index contributed by atoms with van der Waals surface area (Å²) in [4.78, 5) is 39.1. The normalized spacial score (nSPS) is 11.4. The first-order valence-corrected chi connectivity index (χ1v) is 11.0. The molecule has 0 radical (unpaired) electrons. The Balaban J connectivity index is 0.00000456. The van der Waals surface area contributed by atoms with E-state index in [4.69, 9.17) is 21.3 Å². The van der Waals surface area contributed by atoms with Gasteiger partial charge in [-0.25, -0.2) is 8.78 Å². The van der Waals surface area contributed by atoms with Crippen molar-refractivity contribution in [1.82, 2.24) is 10.3 Å². The zero-order valence-electron chi connectivity index (χ0n) is 18.5. The number of hydrogen-bond donors (Lipinski definition) is 5. The second kappa shape index (κ2) is 12.6. The van der Waals surface area contributed by atoms with Crippen LogP contribution >= 0.6 is 28.3 Å². The number of ether oxygens (including phenoxy) is 1. The molecule has 1 aromatic heterocycles. The number of aromatic amines is 1. The van der Waals surface area contributed by atoms with Crippen LogP contribution in [0.25, 0.3) is 11.1 Å². The molecule has 2 amide bonds. The zero-order valence-corrected chi connectivity index (χ0v) is 20.9. The van der Waals surface area contributed by atoms with Gasteiger partial charge in [-0.2, -0.15) is 0 Å². The summed E-state index contributed by atoms with van der Waals surface area (Å²) in [7, 11) is 0. The minimum absolute atomic E-state index is 0. The Labute approximate surface area is 218 Å². The predicted octanol–water partition coefficient (Wildman–Crippen LogP) is 2.12. The van der Waals surface area contributed by atoms with Crippen LogP contribution in [0.1, 0.15) is 21.6 Å². The number of hydrogen-bond acceptors (Lipinski definition) is 6. The van der Waals surface area contributed by atoms with Crippen molar-refractivity contribution in [2.75, 3.05) is 6.61 Å². The van der Waals surface area contributed by atoms with E-state index < -0.39 is 41.7 Å². The first kappa shape index (κ1) is 28.9. The molecular formula is C23H22BrClF2N4O5. The number of pyridine rings is 1. The van der Waals surface area contributed by atoms with Crippen LogP contribution in [0.5, 0.6) is 5.75 Å². The molecule has 0 bridgehead atoms. The number of rotatable bonds is 9. The fourth-order valence-electron chi connectivity index (χ4n) is 3.18. The van der Waals surface area contributed by atoms with Gasteiger partial charge in [0.2, 0.25) is 11.8 Å². The second-order valence-electron chi connectivity index (χ2n) is 7.43. The Kier molecular flexibility index (Phi) is 10.1. The number of halogens is 4. The van der Waals surface area contributed by atoms with Crippen LogP contribution in [0.3, 0.4) is 0 Å². The maximum absolute atomic E-state index is 14.2. The van der Waals surface area contributed by atoms with Gasteiger partial charge in [0, 0.05) is 28.5 Å². The lowest BCUT2D eigenvalue weighted by Crippen LogP contribution is -2.42. The molecule has 0 aliphatic rings. The molecule has 0 aliphatic carbocycles. The topological polar surface area (TPSA) is 161 Å². The largest absolute Gasteiger partial charge is 0.487 e. The molecule has 3 aromatic rings. The van der Waals surface area contributed by atoms with E-state index in [-0.39, 0.29) is 58.2 Å². The van der Waals surface area contributed by atoms with Crippen molar-refractivity contribution in [3.8, 4) is 16.9 Å². The molecule has 192 valence electrons. The molecule has 0 unspecified atom stereocenters. The summed E-state index contributed by atoms with van der Waals surface area (Å²) < 4.78 is 33.2. The highest BCUT2D eigenvalue weighted by Crippen LogP contribution is 2.37. The third kappa shape index (κ3) is 6.66. The van der Waals surface area contributed by atoms with Crippen LogP contribution < -0.4 is 27.1 Å². The average molecular weight is 588 g/mol. The van der Waals surface area contributed by atoms with Gasteiger partial charge < -0.3 is 31.6 Å². The van der Waals surface area contributed by atoms with E-state index in [2.05, 4.69) is 26.2 Å². The SMILES string of the molecule is Cl.NC(=O)c1cccc(-c2c(CNC(=O)[C@@H](N)CO)[nH]c(=O)c(Br)c2OCc2ccc(F)cc2F)c1. The number of carbonyl (C=O) groups is 2. The molecule has 0 saturated carbocycles. The van der Waals surface area contributed by atoms with E-state index in [1.165, 1.54) is 18.2 Å². The molecule has 1 heterocycles. The highest BCUT2D eigenvalue weighted by Gasteiger charge is 2.22. The summed E-state index contributed by atoms with van der Waals surface area (Å²) in [6.45, 7) is -1.18. The summed E-state index contributed by atoms with van der Waals surface area (Å²) in [5.41, 5.74) is 11.3. The quantitative estimate of drug-likeness (QED) is 0.258. The molecule has 0 fully saturated rings. The molecule has 13 heteroatoms. The Bertz CT molecular complexity index is 1340. The Hall–Kier alpha value is -3.32. The number of nitrogens with two attached hydrogens (primary N) is 2. The minimum Gasteiger partial charge on any atom is -0.487 e. The molecule has 36 heavy (non-hydrogen) atoms. The first-order valence-electron chi connectivity index (χ1n) is 10.2. The van der Waals surface area contributed by atoms with Gasteiger partial charge in [-0.15, -0.1) is 12.4 Å². The maximum Gasteiger partial charge on any atom is 0.266 e. The van der Waals surface area contributed by atoms with Crippen LogP contribution in [0, 0.1) is 11.6 Å². The van der Waals surface area contributed by atoms with Crippen molar-refractivity contribution in [1.29, 1.82) is 0 Å². The molecule has 0 spiro atoms. The van der Waals surface area contributed by atoms with E-state index >= 15 is 0 Å². The third-order valence-electron chi connectivity index (χ3n) is 4.99. The fraction of sp³-hybridized carbons (Fsp3) is 0.174.